The van der Waals surface area contributed by atoms with Crippen molar-refractivity contribution in [3.63, 3.8) is 0 Å². The zero-order chi connectivity index (χ0) is 11.3. The summed E-state index contributed by atoms with van der Waals surface area (Å²) in [5, 5.41) is 8.84. The average molecular weight is 207 g/mol. The number of hydrogen-bond donors (Lipinski definition) is 1. The Morgan fingerprint density at radius 2 is 2.27 bits per heavy atom. The second-order valence-corrected chi connectivity index (χ2v) is 2.76. The van der Waals surface area contributed by atoms with Gasteiger partial charge >= 0.3 is 5.97 Å². The summed E-state index contributed by atoms with van der Waals surface area (Å²) in [5.41, 5.74) is 0.740. The van der Waals surface area contributed by atoms with Crippen molar-refractivity contribution in [2.75, 3.05) is 0 Å². The molecule has 1 rings (SSSR count). The number of halogens is 1. The Bertz CT molecular complexity index is 425. The summed E-state index contributed by atoms with van der Waals surface area (Å²) in [6, 6.07) is 1.63. The molecule has 0 aliphatic rings. The van der Waals surface area contributed by atoms with Crippen LogP contribution < -0.4 is 0 Å². The van der Waals surface area contributed by atoms with E-state index in [1.165, 1.54) is 6.20 Å². The number of carbonyl (C=O) groups is 1. The number of hydrogen-bond acceptors (Lipinski definition) is 2. The Morgan fingerprint density at radius 3 is 2.80 bits per heavy atom. The Hall–Kier alpha value is -1.97. The van der Waals surface area contributed by atoms with E-state index in [9.17, 15) is 9.18 Å². The van der Waals surface area contributed by atoms with E-state index in [0.717, 1.165) is 6.08 Å². The molecule has 3 nitrogen and oxygen atoms in total. The first-order valence-corrected chi connectivity index (χ1v) is 4.32. The third kappa shape index (κ3) is 2.49. The van der Waals surface area contributed by atoms with Crippen molar-refractivity contribution in [3.05, 3.63) is 41.5 Å². The molecule has 78 valence electrons. The largest absolute Gasteiger partial charge is 0.476 e. The second kappa shape index (κ2) is 5.05. The van der Waals surface area contributed by atoms with Gasteiger partial charge < -0.3 is 5.11 Å². The van der Waals surface area contributed by atoms with Crippen LogP contribution in [0.15, 0.2) is 24.7 Å². The molecule has 4 heteroatoms. The van der Waals surface area contributed by atoms with Gasteiger partial charge in [-0.25, -0.2) is 14.2 Å². The van der Waals surface area contributed by atoms with E-state index < -0.39 is 5.97 Å². The van der Waals surface area contributed by atoms with Gasteiger partial charge in [0.25, 0.3) is 0 Å². The third-order valence-electron chi connectivity index (χ3n) is 1.80. The summed E-state index contributed by atoms with van der Waals surface area (Å²) >= 11 is 0. The van der Waals surface area contributed by atoms with Crippen LogP contribution in [0.5, 0.6) is 0 Å². The molecule has 0 amide bonds. The molecule has 0 atom stereocenters. The predicted octanol–water partition coefficient (Wildman–Crippen LogP) is 2.75. The van der Waals surface area contributed by atoms with Gasteiger partial charge in [-0.3, -0.25) is 0 Å². The van der Waals surface area contributed by atoms with Crippen LogP contribution in [0, 0.1) is 0 Å². The molecule has 0 unspecified atom stereocenters. The van der Waals surface area contributed by atoms with Crippen LogP contribution in [0.1, 0.15) is 28.5 Å². The molecular formula is C11H10FNO2. The molecule has 0 bridgehead atoms. The van der Waals surface area contributed by atoms with Crippen LogP contribution in [0.2, 0.25) is 0 Å². The predicted molar refractivity (Wildman–Crippen MR) is 56.0 cm³/mol. The topological polar surface area (TPSA) is 50.2 Å². The van der Waals surface area contributed by atoms with Crippen molar-refractivity contribution in [3.8, 4) is 0 Å². The molecule has 0 aliphatic heterocycles. The van der Waals surface area contributed by atoms with Crippen LogP contribution >= 0.6 is 0 Å². The lowest BCUT2D eigenvalue weighted by Gasteiger charge is -2.03. The lowest BCUT2D eigenvalue weighted by Crippen LogP contribution is -2.04. The number of nitrogens with zero attached hydrogens (tertiary/aromatic N) is 1. The average Bonchev–Trinajstić information content (AvgIpc) is 2.21. The smallest absolute Gasteiger partial charge is 0.355 e. The molecule has 0 saturated carbocycles. The Kier molecular flexibility index (Phi) is 3.74. The van der Waals surface area contributed by atoms with Crippen molar-refractivity contribution >= 4 is 18.1 Å². The molecule has 0 aromatic carbocycles. The van der Waals surface area contributed by atoms with Gasteiger partial charge in [-0.05, 0) is 24.6 Å². The van der Waals surface area contributed by atoms with Crippen LogP contribution in [-0.4, -0.2) is 16.1 Å². The molecule has 15 heavy (non-hydrogen) atoms. The summed E-state index contributed by atoms with van der Waals surface area (Å²) in [6.45, 7) is 1.80. The van der Waals surface area contributed by atoms with Gasteiger partial charge in [0.05, 0.1) is 6.33 Å². The number of pyridine rings is 1. The number of carboxylic acids is 1. The summed E-state index contributed by atoms with van der Waals surface area (Å²) in [4.78, 5) is 14.5. The van der Waals surface area contributed by atoms with Crippen molar-refractivity contribution in [1.82, 2.24) is 4.98 Å². The molecule has 0 aliphatic carbocycles. The fourth-order valence-corrected chi connectivity index (χ4v) is 1.22. The zero-order valence-electron chi connectivity index (χ0n) is 8.14. The zero-order valence-corrected chi connectivity index (χ0v) is 8.14. The lowest BCUT2D eigenvalue weighted by molar-refractivity contribution is 0.0690. The highest BCUT2D eigenvalue weighted by Crippen LogP contribution is 2.16. The summed E-state index contributed by atoms with van der Waals surface area (Å²) < 4.78 is 12.1. The van der Waals surface area contributed by atoms with Gasteiger partial charge in [0, 0.05) is 11.8 Å². The standard InChI is InChI=1S/C11H10FNO2/c1-2-3-8-5-7-13-10(11(14)15)9(8)4-6-12/h2-7H,1H3,(H,14,15). The van der Waals surface area contributed by atoms with Crippen molar-refractivity contribution in [2.24, 2.45) is 0 Å². The highest BCUT2D eigenvalue weighted by Gasteiger charge is 2.11. The van der Waals surface area contributed by atoms with Crippen molar-refractivity contribution in [1.29, 1.82) is 0 Å². The Labute approximate surface area is 86.6 Å². The molecule has 1 aromatic rings. The summed E-state index contributed by atoms with van der Waals surface area (Å²) in [7, 11) is 0. The molecule has 0 saturated heterocycles. The highest BCUT2D eigenvalue weighted by molar-refractivity contribution is 5.91. The van der Waals surface area contributed by atoms with Gasteiger partial charge in [-0.15, -0.1) is 0 Å². The van der Waals surface area contributed by atoms with E-state index in [1.54, 1.807) is 25.1 Å². The minimum atomic E-state index is -1.17. The fourth-order valence-electron chi connectivity index (χ4n) is 1.22. The normalized spacial score (nSPS) is 11.3. The van der Waals surface area contributed by atoms with Gasteiger partial charge in [-0.1, -0.05) is 12.2 Å². The van der Waals surface area contributed by atoms with E-state index >= 15 is 0 Å². The van der Waals surface area contributed by atoms with E-state index in [4.69, 9.17) is 5.11 Å². The molecule has 0 spiro atoms. The molecular weight excluding hydrogens is 197 g/mol. The SMILES string of the molecule is CC=Cc1ccnc(C(=O)O)c1C=CF. The van der Waals surface area contributed by atoms with E-state index in [0.29, 0.717) is 11.9 Å². The van der Waals surface area contributed by atoms with Crippen LogP contribution in [0.3, 0.4) is 0 Å². The number of carboxylic acid groups (broad SMARTS) is 1. The van der Waals surface area contributed by atoms with Gasteiger partial charge in [0.15, 0.2) is 5.69 Å². The minimum Gasteiger partial charge on any atom is -0.476 e. The summed E-state index contributed by atoms with van der Waals surface area (Å²) in [5.74, 6) is -1.17. The maximum atomic E-state index is 12.1. The first-order valence-electron chi connectivity index (χ1n) is 4.32. The van der Waals surface area contributed by atoms with Gasteiger partial charge in [0.2, 0.25) is 0 Å². The maximum Gasteiger partial charge on any atom is 0.355 e. The van der Waals surface area contributed by atoms with Gasteiger partial charge in [-0.2, -0.15) is 0 Å². The van der Waals surface area contributed by atoms with E-state index in [2.05, 4.69) is 4.98 Å². The molecule has 0 fully saturated rings. The molecule has 1 heterocycles. The molecule has 1 aromatic heterocycles. The van der Waals surface area contributed by atoms with E-state index in [1.807, 2.05) is 0 Å². The van der Waals surface area contributed by atoms with E-state index in [-0.39, 0.29) is 11.3 Å². The number of allylic oxidation sites excluding steroid dienone is 1. The Morgan fingerprint density at radius 1 is 1.53 bits per heavy atom. The number of rotatable bonds is 3. The van der Waals surface area contributed by atoms with Crippen LogP contribution in [0.25, 0.3) is 12.2 Å². The first kappa shape index (κ1) is 11.1. The summed E-state index contributed by atoms with van der Waals surface area (Å²) in [6.07, 6.45) is 6.22. The third-order valence-corrected chi connectivity index (χ3v) is 1.80. The van der Waals surface area contributed by atoms with Crippen LogP contribution in [-0.2, 0) is 0 Å². The van der Waals surface area contributed by atoms with Crippen molar-refractivity contribution < 1.29 is 14.3 Å². The fraction of sp³-hybridized carbons (Fsp3) is 0.0909. The molecule has 1 N–H and O–H groups in total. The number of aromatic carboxylic acids is 1. The second-order valence-electron chi connectivity index (χ2n) is 2.76. The monoisotopic (exact) mass is 207 g/mol. The molecule has 0 radical (unpaired) electrons. The minimum absolute atomic E-state index is 0.153. The number of aromatic nitrogens is 1. The van der Waals surface area contributed by atoms with Crippen molar-refractivity contribution in [2.45, 2.75) is 6.92 Å². The maximum absolute atomic E-state index is 12.1. The first-order chi connectivity index (χ1) is 7.20. The lowest BCUT2D eigenvalue weighted by atomic mass is 10.1. The van der Waals surface area contributed by atoms with Crippen LogP contribution in [0.4, 0.5) is 4.39 Å². The highest BCUT2D eigenvalue weighted by atomic mass is 19.1. The quantitative estimate of drug-likeness (QED) is 0.829. The van der Waals surface area contributed by atoms with Gasteiger partial charge in [0.1, 0.15) is 0 Å². The Balaban J connectivity index is 3.40.